The summed E-state index contributed by atoms with van der Waals surface area (Å²) >= 11 is 0. The Morgan fingerprint density at radius 3 is 2.60 bits per heavy atom. The molecule has 2 aromatic rings. The molecule has 6 heteroatoms. The number of benzene rings is 2. The van der Waals surface area contributed by atoms with E-state index in [1.807, 2.05) is 6.07 Å². The van der Waals surface area contributed by atoms with Crippen molar-refractivity contribution < 1.29 is 13.2 Å². The molecule has 1 saturated carbocycles. The summed E-state index contributed by atoms with van der Waals surface area (Å²) in [6.07, 6.45) is 3.79. The molecular formula is C24H30N2O3S. The van der Waals surface area contributed by atoms with Crippen molar-refractivity contribution in [2.24, 2.45) is 5.92 Å². The molecular weight excluding hydrogens is 396 g/mol. The lowest BCUT2D eigenvalue weighted by atomic mass is 10.1. The Bertz CT molecular complexity index is 1020. The first-order valence-electron chi connectivity index (χ1n) is 11.1. The summed E-state index contributed by atoms with van der Waals surface area (Å²) in [6, 6.07) is 15.7. The van der Waals surface area contributed by atoms with E-state index in [0.29, 0.717) is 23.1 Å². The van der Waals surface area contributed by atoms with Gasteiger partial charge in [-0.3, -0.25) is 4.90 Å². The van der Waals surface area contributed by atoms with E-state index in [2.05, 4.69) is 36.1 Å². The molecule has 30 heavy (non-hydrogen) atoms. The Labute approximate surface area is 179 Å². The molecule has 2 fully saturated rings. The number of nitrogens with zero attached hydrogens (tertiary/aromatic N) is 2. The van der Waals surface area contributed by atoms with E-state index in [-0.39, 0.29) is 12.1 Å². The first-order chi connectivity index (χ1) is 14.5. The van der Waals surface area contributed by atoms with Crippen molar-refractivity contribution in [3.05, 3.63) is 59.7 Å². The van der Waals surface area contributed by atoms with E-state index in [0.717, 1.165) is 45.3 Å². The highest BCUT2D eigenvalue weighted by molar-refractivity contribution is 7.89. The lowest BCUT2D eigenvalue weighted by Gasteiger charge is -2.31. The summed E-state index contributed by atoms with van der Waals surface area (Å²) in [5.74, 6) is 1.01. The van der Waals surface area contributed by atoms with Crippen LogP contribution in [0, 0.1) is 12.8 Å². The van der Waals surface area contributed by atoms with Crippen molar-refractivity contribution in [3.63, 3.8) is 0 Å². The van der Waals surface area contributed by atoms with Gasteiger partial charge in [0.15, 0.2) is 0 Å². The van der Waals surface area contributed by atoms with Crippen molar-refractivity contribution in [2.45, 2.75) is 56.2 Å². The Balaban J connectivity index is 1.42. The highest BCUT2D eigenvalue weighted by Crippen LogP contribution is 2.39. The zero-order valence-corrected chi connectivity index (χ0v) is 18.4. The number of para-hydroxylation sites is 1. The molecule has 0 aromatic heterocycles. The summed E-state index contributed by atoms with van der Waals surface area (Å²) in [6.45, 7) is 5.43. The van der Waals surface area contributed by atoms with Gasteiger partial charge in [0.05, 0.1) is 6.04 Å². The fourth-order valence-corrected chi connectivity index (χ4v) is 6.70. The Morgan fingerprint density at radius 2 is 1.80 bits per heavy atom. The van der Waals surface area contributed by atoms with Crippen LogP contribution in [0.2, 0.25) is 0 Å². The molecule has 2 atom stereocenters. The Morgan fingerprint density at radius 1 is 1.00 bits per heavy atom. The number of hydrogen-bond donors (Lipinski definition) is 0. The first-order valence-corrected chi connectivity index (χ1v) is 12.5. The summed E-state index contributed by atoms with van der Waals surface area (Å²) in [5, 5.41) is 0. The second kappa shape index (κ2) is 7.98. The molecule has 5 nitrogen and oxygen atoms in total. The molecule has 2 heterocycles. The van der Waals surface area contributed by atoms with Gasteiger partial charge in [-0.25, -0.2) is 8.42 Å². The van der Waals surface area contributed by atoms with Crippen LogP contribution in [0.4, 0.5) is 0 Å². The summed E-state index contributed by atoms with van der Waals surface area (Å²) in [4.78, 5) is 2.77. The van der Waals surface area contributed by atoms with Gasteiger partial charge in [-0.1, -0.05) is 42.0 Å². The molecule has 1 saturated heterocycles. The maximum atomic E-state index is 13.6. The minimum atomic E-state index is -3.55. The molecule has 0 amide bonds. The predicted molar refractivity (Wildman–Crippen MR) is 117 cm³/mol. The van der Waals surface area contributed by atoms with Crippen LogP contribution in [0.15, 0.2) is 53.4 Å². The van der Waals surface area contributed by atoms with Gasteiger partial charge in [0.1, 0.15) is 16.7 Å². The second-order valence-corrected chi connectivity index (χ2v) is 10.9. The van der Waals surface area contributed by atoms with Crippen molar-refractivity contribution in [2.75, 3.05) is 19.6 Å². The molecule has 0 radical (unpaired) electrons. The van der Waals surface area contributed by atoms with Crippen LogP contribution in [0.5, 0.6) is 5.75 Å². The number of ether oxygens (including phenoxy) is 1. The topological polar surface area (TPSA) is 49.9 Å². The molecule has 0 N–H and O–H groups in total. The van der Waals surface area contributed by atoms with Crippen LogP contribution >= 0.6 is 0 Å². The smallest absolute Gasteiger partial charge is 0.247 e. The maximum Gasteiger partial charge on any atom is 0.247 e. The monoisotopic (exact) mass is 426 g/mol. The van der Waals surface area contributed by atoms with Crippen LogP contribution in [0.25, 0.3) is 0 Å². The van der Waals surface area contributed by atoms with Crippen molar-refractivity contribution >= 4 is 10.0 Å². The Hall–Kier alpha value is -1.89. The third-order valence-corrected chi connectivity index (χ3v) is 8.54. The fourth-order valence-electron chi connectivity index (χ4n) is 4.83. The quantitative estimate of drug-likeness (QED) is 0.746. The Kier molecular flexibility index (Phi) is 5.33. The van der Waals surface area contributed by atoms with Gasteiger partial charge in [0.2, 0.25) is 10.0 Å². The predicted octanol–water partition coefficient (Wildman–Crippen LogP) is 3.82. The van der Waals surface area contributed by atoms with Crippen LogP contribution < -0.4 is 4.74 Å². The average molecular weight is 427 g/mol. The average Bonchev–Trinajstić information content (AvgIpc) is 3.55. The third-order valence-electron chi connectivity index (χ3n) is 6.61. The van der Waals surface area contributed by atoms with Gasteiger partial charge in [0.25, 0.3) is 0 Å². The molecule has 160 valence electrons. The summed E-state index contributed by atoms with van der Waals surface area (Å²) in [5.41, 5.74) is 2.58. The molecule has 1 aliphatic carbocycles. The largest absolute Gasteiger partial charge is 0.487 e. The molecule has 5 rings (SSSR count). The van der Waals surface area contributed by atoms with Gasteiger partial charge >= 0.3 is 0 Å². The maximum absolute atomic E-state index is 13.6. The van der Waals surface area contributed by atoms with Crippen LogP contribution in [-0.4, -0.2) is 49.4 Å². The molecule has 0 unspecified atom stereocenters. The fraction of sp³-hybridized carbons (Fsp3) is 0.500. The minimum Gasteiger partial charge on any atom is -0.487 e. The van der Waals surface area contributed by atoms with Crippen molar-refractivity contribution in [3.8, 4) is 5.75 Å². The van der Waals surface area contributed by atoms with E-state index in [1.165, 1.54) is 11.1 Å². The van der Waals surface area contributed by atoms with Gasteiger partial charge in [-0.15, -0.1) is 0 Å². The van der Waals surface area contributed by atoms with Crippen molar-refractivity contribution in [1.29, 1.82) is 0 Å². The summed E-state index contributed by atoms with van der Waals surface area (Å²) in [7, 11) is -3.55. The number of rotatable bonds is 4. The summed E-state index contributed by atoms with van der Waals surface area (Å²) < 4.78 is 35.4. The number of fused-ring (bicyclic) bond motifs is 2. The number of sulfonamides is 1. The van der Waals surface area contributed by atoms with Crippen LogP contribution in [0.1, 0.15) is 36.8 Å². The van der Waals surface area contributed by atoms with Gasteiger partial charge in [-0.2, -0.15) is 4.31 Å². The number of likely N-dealkylation sites (tertiary alicyclic amines) is 1. The van der Waals surface area contributed by atoms with E-state index in [4.69, 9.17) is 4.74 Å². The minimum absolute atomic E-state index is 0.106. The van der Waals surface area contributed by atoms with Crippen LogP contribution in [0.3, 0.4) is 0 Å². The highest BCUT2D eigenvalue weighted by Gasteiger charge is 2.45. The van der Waals surface area contributed by atoms with Gasteiger partial charge in [-0.05, 0) is 56.2 Å². The number of aryl methyl sites for hydroxylation is 1. The first kappa shape index (κ1) is 20.0. The molecule has 3 aliphatic rings. The number of hydrogen-bond acceptors (Lipinski definition) is 4. The standard InChI is InChI=1S/C24H30N2O3S/c1-18-5-4-6-20(15-18)16-25-13-11-21-22(12-14-25)29-23-7-2-3-8-24(23)30(27,28)26(21)17-19-9-10-19/h2-8,15,19,21-22H,9-14,16-17H2,1H3/t21-,22-/m0/s1. The van der Waals surface area contributed by atoms with Gasteiger partial charge < -0.3 is 4.74 Å². The third kappa shape index (κ3) is 4.01. The zero-order chi connectivity index (χ0) is 20.7. The zero-order valence-electron chi connectivity index (χ0n) is 17.5. The lowest BCUT2D eigenvalue weighted by molar-refractivity contribution is 0.111. The molecule has 0 bridgehead atoms. The normalized spacial score (nSPS) is 26.7. The van der Waals surface area contributed by atoms with E-state index >= 15 is 0 Å². The second-order valence-electron chi connectivity index (χ2n) is 9.03. The van der Waals surface area contributed by atoms with E-state index in [9.17, 15) is 8.42 Å². The van der Waals surface area contributed by atoms with E-state index < -0.39 is 10.0 Å². The van der Waals surface area contributed by atoms with Crippen molar-refractivity contribution in [1.82, 2.24) is 9.21 Å². The lowest BCUT2D eigenvalue weighted by Crippen LogP contribution is -2.48. The molecule has 2 aliphatic heterocycles. The van der Waals surface area contributed by atoms with Crippen LogP contribution in [-0.2, 0) is 16.6 Å². The van der Waals surface area contributed by atoms with E-state index in [1.54, 1.807) is 22.5 Å². The highest BCUT2D eigenvalue weighted by atomic mass is 32.2. The van der Waals surface area contributed by atoms with Gasteiger partial charge in [0, 0.05) is 26.2 Å². The SMILES string of the molecule is Cc1cccc(CN2CC[C@@H]3Oc4ccccc4S(=O)(=O)N(CC4CC4)[C@H]3CC2)c1. The molecule has 0 spiro atoms. The molecule has 2 aromatic carbocycles.